The summed E-state index contributed by atoms with van der Waals surface area (Å²) in [5.74, 6) is 2.14. The maximum Gasteiger partial charge on any atom is 0.233 e. The van der Waals surface area contributed by atoms with Gasteiger partial charge in [0, 0.05) is 18.1 Å². The van der Waals surface area contributed by atoms with Crippen LogP contribution in [0.4, 0.5) is 11.1 Å². The summed E-state index contributed by atoms with van der Waals surface area (Å²) in [4.78, 5) is 4.10. The van der Waals surface area contributed by atoms with Gasteiger partial charge in [0.15, 0.2) is 0 Å². The van der Waals surface area contributed by atoms with Gasteiger partial charge in [-0.2, -0.15) is 9.36 Å². The Kier molecular flexibility index (Phi) is 3.98. The maximum atomic E-state index is 5.47. The van der Waals surface area contributed by atoms with Crippen LogP contribution in [0.5, 0.6) is 0 Å². The third-order valence-electron chi connectivity index (χ3n) is 3.53. The lowest BCUT2D eigenvalue weighted by Gasteiger charge is -2.27. The van der Waals surface area contributed by atoms with E-state index in [0.717, 1.165) is 23.5 Å². The van der Waals surface area contributed by atoms with Crippen LogP contribution in [0.15, 0.2) is 0 Å². The molecule has 0 spiro atoms. The molecular formula is C11H20N4S. The molecule has 0 aromatic carbocycles. The lowest BCUT2D eigenvalue weighted by molar-refractivity contribution is 0.278. The Bertz CT molecular complexity index is 318. The van der Waals surface area contributed by atoms with Crippen LogP contribution in [-0.4, -0.2) is 15.9 Å². The van der Waals surface area contributed by atoms with Crippen LogP contribution in [0.2, 0.25) is 0 Å². The van der Waals surface area contributed by atoms with Gasteiger partial charge in [-0.15, -0.1) is 0 Å². The number of hydrogen-bond acceptors (Lipinski definition) is 5. The van der Waals surface area contributed by atoms with Crippen molar-refractivity contribution in [3.8, 4) is 0 Å². The summed E-state index contributed by atoms with van der Waals surface area (Å²) in [5, 5.41) is 4.19. The molecule has 4 nitrogen and oxygen atoms in total. The molecule has 1 aliphatic carbocycles. The van der Waals surface area contributed by atoms with Crippen molar-refractivity contribution in [2.45, 2.75) is 39.0 Å². The van der Waals surface area contributed by atoms with Gasteiger partial charge in [-0.05, 0) is 24.7 Å². The number of nitrogens with zero attached hydrogens (tertiary/aromatic N) is 2. The van der Waals surface area contributed by atoms with Crippen molar-refractivity contribution in [3.63, 3.8) is 0 Å². The van der Waals surface area contributed by atoms with Gasteiger partial charge in [0.2, 0.25) is 11.1 Å². The van der Waals surface area contributed by atoms with E-state index >= 15 is 0 Å². The van der Waals surface area contributed by atoms with Gasteiger partial charge in [0.25, 0.3) is 0 Å². The zero-order valence-corrected chi connectivity index (χ0v) is 10.6. The van der Waals surface area contributed by atoms with Gasteiger partial charge >= 0.3 is 0 Å². The lowest BCUT2D eigenvalue weighted by Crippen LogP contribution is -2.20. The number of nitrogens with one attached hydrogen (secondary N) is 1. The fraction of sp³-hybridized carbons (Fsp3) is 0.818. The normalized spacial score (nSPS) is 25.6. The van der Waals surface area contributed by atoms with Crippen molar-refractivity contribution in [1.29, 1.82) is 0 Å². The van der Waals surface area contributed by atoms with Gasteiger partial charge in [-0.25, -0.2) is 0 Å². The number of aromatic nitrogens is 2. The van der Waals surface area contributed by atoms with Crippen molar-refractivity contribution in [1.82, 2.24) is 9.36 Å². The van der Waals surface area contributed by atoms with E-state index in [0.29, 0.717) is 5.95 Å². The minimum absolute atomic E-state index is 0.377. The van der Waals surface area contributed by atoms with Crippen molar-refractivity contribution >= 4 is 22.6 Å². The first-order chi connectivity index (χ1) is 7.78. The van der Waals surface area contributed by atoms with Crippen LogP contribution in [0, 0.1) is 11.8 Å². The van der Waals surface area contributed by atoms with Crippen molar-refractivity contribution in [3.05, 3.63) is 0 Å². The van der Waals surface area contributed by atoms with E-state index in [1.54, 1.807) is 0 Å². The SMILES string of the molecule is CCC1CCC(CNc2nc(N)ns2)CC1. The Balaban J connectivity index is 1.71. The van der Waals surface area contributed by atoms with Crippen molar-refractivity contribution in [2.24, 2.45) is 11.8 Å². The van der Waals surface area contributed by atoms with E-state index in [1.807, 2.05) is 0 Å². The summed E-state index contributed by atoms with van der Waals surface area (Å²) in [6.45, 7) is 3.32. The van der Waals surface area contributed by atoms with Gasteiger partial charge < -0.3 is 11.1 Å². The molecular weight excluding hydrogens is 220 g/mol. The van der Waals surface area contributed by atoms with E-state index < -0.39 is 0 Å². The minimum atomic E-state index is 0.377. The molecule has 0 unspecified atom stereocenters. The number of nitrogen functional groups attached to an aromatic ring is 1. The monoisotopic (exact) mass is 240 g/mol. The van der Waals surface area contributed by atoms with Crippen molar-refractivity contribution < 1.29 is 0 Å². The molecule has 0 saturated heterocycles. The smallest absolute Gasteiger partial charge is 0.233 e. The zero-order chi connectivity index (χ0) is 11.4. The van der Waals surface area contributed by atoms with Gasteiger partial charge in [0.1, 0.15) is 0 Å². The van der Waals surface area contributed by atoms with Crippen LogP contribution < -0.4 is 11.1 Å². The summed E-state index contributed by atoms with van der Waals surface area (Å²) in [6, 6.07) is 0. The summed E-state index contributed by atoms with van der Waals surface area (Å²) in [7, 11) is 0. The highest BCUT2D eigenvalue weighted by Crippen LogP contribution is 2.30. The highest BCUT2D eigenvalue weighted by molar-refractivity contribution is 7.09. The first-order valence-corrected chi connectivity index (χ1v) is 6.88. The lowest BCUT2D eigenvalue weighted by atomic mass is 9.81. The molecule has 1 heterocycles. The summed E-state index contributed by atoms with van der Waals surface area (Å²) < 4.78 is 3.95. The number of anilines is 2. The molecule has 1 saturated carbocycles. The molecule has 1 aromatic heterocycles. The fourth-order valence-corrected chi connectivity index (χ4v) is 2.89. The molecule has 1 fully saturated rings. The highest BCUT2D eigenvalue weighted by atomic mass is 32.1. The average Bonchev–Trinajstić information content (AvgIpc) is 2.73. The predicted molar refractivity (Wildman–Crippen MR) is 68.6 cm³/mol. The van der Waals surface area contributed by atoms with E-state index in [2.05, 4.69) is 21.6 Å². The Hall–Kier alpha value is -0.840. The molecule has 0 atom stereocenters. The molecule has 1 aromatic rings. The van der Waals surface area contributed by atoms with Crippen LogP contribution in [-0.2, 0) is 0 Å². The Labute approximate surface area is 101 Å². The topological polar surface area (TPSA) is 63.8 Å². The molecule has 0 bridgehead atoms. The van der Waals surface area contributed by atoms with Crippen LogP contribution in [0.3, 0.4) is 0 Å². The molecule has 1 aliphatic rings. The van der Waals surface area contributed by atoms with E-state index in [1.165, 1.54) is 43.6 Å². The highest BCUT2D eigenvalue weighted by Gasteiger charge is 2.19. The average molecular weight is 240 g/mol. The molecule has 5 heteroatoms. The molecule has 2 rings (SSSR count). The Morgan fingerprint density at radius 1 is 1.31 bits per heavy atom. The second-order valence-corrected chi connectivity index (χ2v) is 5.39. The first kappa shape index (κ1) is 11.6. The third-order valence-corrected chi connectivity index (χ3v) is 4.21. The summed E-state index contributed by atoms with van der Waals surface area (Å²) in [6.07, 6.45) is 6.81. The van der Waals surface area contributed by atoms with Gasteiger partial charge in [-0.3, -0.25) is 0 Å². The maximum absolute atomic E-state index is 5.47. The van der Waals surface area contributed by atoms with Gasteiger partial charge in [-0.1, -0.05) is 26.2 Å². The Morgan fingerprint density at radius 2 is 2.00 bits per heavy atom. The largest absolute Gasteiger partial charge is 0.367 e. The van der Waals surface area contributed by atoms with E-state index in [9.17, 15) is 0 Å². The van der Waals surface area contributed by atoms with Crippen LogP contribution in [0.1, 0.15) is 39.0 Å². The molecule has 0 amide bonds. The van der Waals surface area contributed by atoms with Crippen LogP contribution >= 0.6 is 11.5 Å². The first-order valence-electron chi connectivity index (χ1n) is 6.11. The quantitative estimate of drug-likeness (QED) is 0.849. The van der Waals surface area contributed by atoms with Crippen LogP contribution in [0.25, 0.3) is 0 Å². The molecule has 0 aliphatic heterocycles. The summed E-state index contributed by atoms with van der Waals surface area (Å²) >= 11 is 1.35. The molecule has 3 N–H and O–H groups in total. The second kappa shape index (κ2) is 5.48. The van der Waals surface area contributed by atoms with E-state index in [4.69, 9.17) is 5.73 Å². The van der Waals surface area contributed by atoms with Crippen molar-refractivity contribution in [2.75, 3.05) is 17.6 Å². The molecule has 90 valence electrons. The Morgan fingerprint density at radius 3 is 2.56 bits per heavy atom. The second-order valence-electron chi connectivity index (χ2n) is 4.63. The standard InChI is InChI=1S/C11H20N4S/c1-2-8-3-5-9(6-4-8)7-13-11-14-10(12)15-16-11/h8-9H,2-7H2,1H3,(H3,12,13,14,15). The minimum Gasteiger partial charge on any atom is -0.367 e. The third kappa shape index (κ3) is 3.07. The summed E-state index contributed by atoms with van der Waals surface area (Å²) in [5.41, 5.74) is 5.47. The fourth-order valence-electron chi connectivity index (χ4n) is 2.38. The van der Waals surface area contributed by atoms with Gasteiger partial charge in [0.05, 0.1) is 0 Å². The number of nitrogens with two attached hydrogens (primary N) is 1. The number of hydrogen-bond donors (Lipinski definition) is 2. The zero-order valence-electron chi connectivity index (χ0n) is 9.78. The molecule has 0 radical (unpaired) electrons. The predicted octanol–water partition coefficient (Wildman–Crippen LogP) is 2.75. The molecule has 16 heavy (non-hydrogen) atoms. The number of rotatable bonds is 4. The van der Waals surface area contributed by atoms with E-state index in [-0.39, 0.29) is 0 Å².